The molecule has 0 radical (unpaired) electrons. The van der Waals surface area contributed by atoms with Crippen LogP contribution in [0, 0.1) is 13.8 Å². The van der Waals surface area contributed by atoms with Crippen LogP contribution in [0.15, 0.2) is 46.9 Å². The fraction of sp³-hybridized carbons (Fsp3) is 0.483. The summed E-state index contributed by atoms with van der Waals surface area (Å²) < 4.78 is 11.5. The summed E-state index contributed by atoms with van der Waals surface area (Å²) in [7, 11) is 0. The summed E-state index contributed by atoms with van der Waals surface area (Å²) in [5.74, 6) is 0.703. The minimum atomic E-state index is -0.790. The van der Waals surface area contributed by atoms with E-state index in [2.05, 4.69) is 53.3 Å². The van der Waals surface area contributed by atoms with Crippen molar-refractivity contribution in [3.05, 3.63) is 82.1 Å². The van der Waals surface area contributed by atoms with Crippen molar-refractivity contribution in [3.63, 3.8) is 0 Å². The van der Waals surface area contributed by atoms with Gasteiger partial charge in [-0.15, -0.1) is 10.2 Å². The van der Waals surface area contributed by atoms with Crippen molar-refractivity contribution < 1.29 is 19.1 Å². The Morgan fingerprint density at radius 1 is 1.16 bits per heavy atom. The quantitative estimate of drug-likeness (QED) is 0.489. The number of benzene rings is 2. The van der Waals surface area contributed by atoms with Crippen LogP contribution in [0.5, 0.6) is 0 Å². The highest BCUT2D eigenvalue weighted by molar-refractivity contribution is 5.68. The number of hydrogen-bond donors (Lipinski definition) is 2. The number of ether oxygens (including phenoxy) is 1. The van der Waals surface area contributed by atoms with Crippen LogP contribution in [-0.2, 0) is 24.3 Å². The number of piperazine rings is 1. The molecule has 1 unspecified atom stereocenters. The van der Waals surface area contributed by atoms with Crippen molar-refractivity contribution in [1.29, 1.82) is 0 Å². The third kappa shape index (κ3) is 6.06. The molecular weight excluding hydrogens is 482 g/mol. The number of amides is 1. The minimum absolute atomic E-state index is 0.163. The van der Waals surface area contributed by atoms with E-state index >= 15 is 0 Å². The molecule has 2 aromatic carbocycles. The van der Waals surface area contributed by atoms with E-state index in [0.717, 1.165) is 37.3 Å². The number of nitrogens with zero attached hydrogens (tertiary/aromatic N) is 4. The lowest BCUT2D eigenvalue weighted by molar-refractivity contribution is 0.0623. The van der Waals surface area contributed by atoms with Crippen molar-refractivity contribution in [2.75, 3.05) is 26.2 Å². The molecule has 5 rings (SSSR count). The molecule has 0 aliphatic carbocycles. The van der Waals surface area contributed by atoms with Gasteiger partial charge in [0.15, 0.2) is 0 Å². The Bertz CT molecular complexity index is 1250. The van der Waals surface area contributed by atoms with Crippen LogP contribution in [0.2, 0.25) is 0 Å². The van der Waals surface area contributed by atoms with E-state index in [9.17, 15) is 9.90 Å². The molecule has 0 bridgehead atoms. The van der Waals surface area contributed by atoms with E-state index in [1.165, 1.54) is 21.6 Å². The molecule has 0 saturated carbocycles. The highest BCUT2D eigenvalue weighted by Crippen LogP contribution is 2.33. The molecule has 1 aromatic heterocycles. The molecule has 3 atom stereocenters. The lowest BCUT2D eigenvalue weighted by atomic mass is 9.96. The number of carbonyl (C=O) groups is 1. The summed E-state index contributed by atoms with van der Waals surface area (Å²) in [5, 5.41) is 22.7. The minimum Gasteiger partial charge on any atom is -0.445 e. The second kappa shape index (κ2) is 11.6. The van der Waals surface area contributed by atoms with E-state index in [-0.39, 0.29) is 12.5 Å². The van der Waals surface area contributed by atoms with Gasteiger partial charge in [-0.2, -0.15) is 0 Å². The maximum Gasteiger partial charge on any atom is 0.410 e. The average molecular weight is 520 g/mol. The number of nitrogens with one attached hydrogen (secondary N) is 1. The lowest BCUT2D eigenvalue weighted by Crippen LogP contribution is -2.48. The van der Waals surface area contributed by atoms with Gasteiger partial charge in [0, 0.05) is 38.8 Å². The van der Waals surface area contributed by atoms with Crippen molar-refractivity contribution in [2.24, 2.45) is 0 Å². The molecule has 3 aromatic rings. The Labute approximate surface area is 223 Å². The molecule has 202 valence electrons. The van der Waals surface area contributed by atoms with Crippen molar-refractivity contribution in [1.82, 2.24) is 25.3 Å². The van der Waals surface area contributed by atoms with Crippen LogP contribution in [-0.4, -0.2) is 69.5 Å². The Kier molecular flexibility index (Phi) is 8.06. The maximum atomic E-state index is 12.8. The normalized spacial score (nSPS) is 22.1. The SMILES string of the molecule is Cc1cc(Cc2nnc(C3[C@H](O)CCN3C(=O)OCc3ccccc3)o2)c(C)c(CN2CCN[C@@H](C)C2)c1. The zero-order chi connectivity index (χ0) is 26.6. The van der Waals surface area contributed by atoms with Gasteiger partial charge in [-0.3, -0.25) is 9.80 Å². The van der Waals surface area contributed by atoms with Gasteiger partial charge in [-0.1, -0.05) is 48.0 Å². The molecule has 9 nitrogen and oxygen atoms in total. The van der Waals surface area contributed by atoms with Gasteiger partial charge in [0.2, 0.25) is 11.8 Å². The highest BCUT2D eigenvalue weighted by Gasteiger charge is 2.41. The third-order valence-electron chi connectivity index (χ3n) is 7.50. The molecule has 2 aliphatic heterocycles. The number of likely N-dealkylation sites (tertiary alicyclic amines) is 1. The largest absolute Gasteiger partial charge is 0.445 e. The van der Waals surface area contributed by atoms with E-state index in [1.54, 1.807) is 0 Å². The van der Waals surface area contributed by atoms with Crippen molar-refractivity contribution in [3.8, 4) is 0 Å². The number of rotatable bonds is 7. The van der Waals surface area contributed by atoms with E-state index in [4.69, 9.17) is 9.15 Å². The standard InChI is InChI=1S/C29H37N5O4/c1-19-13-23(21(3)24(14-19)17-33-12-10-30-20(2)16-33)15-26-31-32-28(38-26)27-25(35)9-11-34(27)29(36)37-18-22-7-5-4-6-8-22/h4-8,13-14,20,25,27,30,35H,9-12,15-18H2,1-3H3/t20-,25+,27?/m0/s1. The predicted octanol–water partition coefficient (Wildman–Crippen LogP) is 3.52. The second-order valence-electron chi connectivity index (χ2n) is 10.5. The van der Waals surface area contributed by atoms with Gasteiger partial charge < -0.3 is 19.6 Å². The topological polar surface area (TPSA) is 104 Å². The molecule has 38 heavy (non-hydrogen) atoms. The van der Waals surface area contributed by atoms with Crippen LogP contribution in [0.4, 0.5) is 4.79 Å². The number of aryl methyl sites for hydroxylation is 1. The predicted molar refractivity (Wildman–Crippen MR) is 142 cm³/mol. The van der Waals surface area contributed by atoms with Crippen LogP contribution < -0.4 is 5.32 Å². The Balaban J connectivity index is 1.27. The molecule has 1 amide bonds. The first kappa shape index (κ1) is 26.3. The summed E-state index contributed by atoms with van der Waals surface area (Å²) >= 11 is 0. The first-order valence-electron chi connectivity index (χ1n) is 13.4. The van der Waals surface area contributed by atoms with E-state index < -0.39 is 18.2 Å². The first-order valence-corrected chi connectivity index (χ1v) is 13.4. The van der Waals surface area contributed by atoms with Crippen LogP contribution in [0.3, 0.4) is 0 Å². The van der Waals surface area contributed by atoms with Crippen molar-refractivity contribution >= 4 is 6.09 Å². The van der Waals surface area contributed by atoms with Crippen molar-refractivity contribution in [2.45, 2.75) is 65.0 Å². The van der Waals surface area contributed by atoms with Gasteiger partial charge in [0.05, 0.1) is 12.5 Å². The van der Waals surface area contributed by atoms with Crippen LogP contribution in [0.1, 0.15) is 59.0 Å². The number of hydrogen-bond acceptors (Lipinski definition) is 8. The molecule has 2 aliphatic rings. The fourth-order valence-electron chi connectivity index (χ4n) is 5.46. The Morgan fingerprint density at radius 2 is 1.95 bits per heavy atom. The zero-order valence-corrected chi connectivity index (χ0v) is 22.4. The summed E-state index contributed by atoms with van der Waals surface area (Å²) in [5.41, 5.74) is 5.78. The number of aromatic nitrogens is 2. The molecule has 2 N–H and O–H groups in total. The molecule has 3 heterocycles. The summed E-state index contributed by atoms with van der Waals surface area (Å²) in [6.45, 7) is 11.0. The third-order valence-corrected chi connectivity index (χ3v) is 7.50. The van der Waals surface area contributed by atoms with Gasteiger partial charge >= 0.3 is 6.09 Å². The van der Waals surface area contributed by atoms with Gasteiger partial charge in [-0.05, 0) is 49.4 Å². The van der Waals surface area contributed by atoms with Gasteiger partial charge in [0.1, 0.15) is 12.6 Å². The Morgan fingerprint density at radius 3 is 2.74 bits per heavy atom. The number of aliphatic hydroxyl groups is 1. The van der Waals surface area contributed by atoms with Crippen LogP contribution >= 0.6 is 0 Å². The average Bonchev–Trinajstić information content (AvgIpc) is 3.52. The van der Waals surface area contributed by atoms with Gasteiger partial charge in [0.25, 0.3) is 0 Å². The number of carbonyl (C=O) groups excluding carboxylic acids is 1. The summed E-state index contributed by atoms with van der Waals surface area (Å²) in [6, 6.07) is 13.7. The number of aliphatic hydroxyl groups excluding tert-OH is 1. The maximum absolute atomic E-state index is 12.8. The lowest BCUT2D eigenvalue weighted by Gasteiger charge is -2.32. The summed E-state index contributed by atoms with van der Waals surface area (Å²) in [6.07, 6.45) is -0.376. The Hall–Kier alpha value is -3.27. The molecule has 0 spiro atoms. The van der Waals surface area contributed by atoms with Gasteiger partial charge in [-0.25, -0.2) is 4.79 Å². The highest BCUT2D eigenvalue weighted by atomic mass is 16.6. The first-order chi connectivity index (χ1) is 18.4. The molecular formula is C29H37N5O4. The second-order valence-corrected chi connectivity index (χ2v) is 10.5. The fourth-order valence-corrected chi connectivity index (χ4v) is 5.46. The summed E-state index contributed by atoms with van der Waals surface area (Å²) in [4.78, 5) is 16.8. The van der Waals surface area contributed by atoms with E-state index in [0.29, 0.717) is 31.3 Å². The molecule has 2 fully saturated rings. The van der Waals surface area contributed by atoms with E-state index in [1.807, 2.05) is 30.3 Å². The molecule has 9 heteroatoms. The van der Waals surface area contributed by atoms with Crippen LogP contribution in [0.25, 0.3) is 0 Å². The smallest absolute Gasteiger partial charge is 0.410 e. The monoisotopic (exact) mass is 519 g/mol. The molecule has 2 saturated heterocycles. The zero-order valence-electron chi connectivity index (χ0n) is 22.4.